The van der Waals surface area contributed by atoms with Gasteiger partial charge in [0.05, 0.1) is 0 Å². The van der Waals surface area contributed by atoms with Gasteiger partial charge in [0.15, 0.2) is 6.10 Å². The fraction of sp³-hybridized carbons (Fsp3) is 0.841. The van der Waals surface area contributed by atoms with Crippen LogP contribution in [-0.4, -0.2) is 37.2 Å². The minimum atomic E-state index is -0.766. The second-order valence-corrected chi connectivity index (χ2v) is 14.3. The first-order valence-electron chi connectivity index (χ1n) is 21.3. The molecule has 0 radical (unpaired) electrons. The van der Waals surface area contributed by atoms with E-state index in [0.29, 0.717) is 19.3 Å². The van der Waals surface area contributed by atoms with Crippen molar-refractivity contribution in [3.05, 3.63) is 24.3 Å². The third kappa shape index (κ3) is 37.2. The summed E-state index contributed by atoms with van der Waals surface area (Å²) < 4.78 is 16.6. The zero-order valence-electron chi connectivity index (χ0n) is 33.2. The molecule has 0 fully saturated rings. The molecule has 0 N–H and O–H groups in total. The Kier molecular flexibility index (Phi) is 38.0. The van der Waals surface area contributed by atoms with E-state index < -0.39 is 6.10 Å². The van der Waals surface area contributed by atoms with Crippen molar-refractivity contribution in [2.75, 3.05) is 13.2 Å². The van der Waals surface area contributed by atoms with Gasteiger partial charge in [0.1, 0.15) is 13.2 Å². The molecule has 292 valence electrons. The summed E-state index contributed by atoms with van der Waals surface area (Å²) >= 11 is 0. The van der Waals surface area contributed by atoms with Crippen molar-refractivity contribution in [2.45, 2.75) is 226 Å². The van der Waals surface area contributed by atoms with Crippen molar-refractivity contribution in [1.29, 1.82) is 0 Å². The van der Waals surface area contributed by atoms with E-state index in [0.717, 1.165) is 77.0 Å². The Bertz CT molecular complexity index is 819. The van der Waals surface area contributed by atoms with Crippen LogP contribution in [0.4, 0.5) is 0 Å². The Morgan fingerprint density at radius 3 is 1.12 bits per heavy atom. The minimum Gasteiger partial charge on any atom is -0.462 e. The van der Waals surface area contributed by atoms with Gasteiger partial charge in [-0.25, -0.2) is 0 Å². The second-order valence-electron chi connectivity index (χ2n) is 14.3. The van der Waals surface area contributed by atoms with Gasteiger partial charge in [-0.05, 0) is 51.4 Å². The van der Waals surface area contributed by atoms with Gasteiger partial charge >= 0.3 is 17.9 Å². The summed E-state index contributed by atoms with van der Waals surface area (Å²) in [7, 11) is 0. The summed E-state index contributed by atoms with van der Waals surface area (Å²) in [6.07, 6.45) is 41.7. The highest BCUT2D eigenvalue weighted by Gasteiger charge is 2.19. The topological polar surface area (TPSA) is 78.9 Å². The molecule has 0 bridgehead atoms. The molecule has 1 unspecified atom stereocenters. The molecule has 50 heavy (non-hydrogen) atoms. The summed E-state index contributed by atoms with van der Waals surface area (Å²) in [6.45, 7) is 6.53. The SMILES string of the molecule is CCCCCC/C=C\C/C=C\CCCCCCCC(=O)OCC(COC(=O)CCCCCCCCC)OC(=O)CCCCCCCCCCC. The Hall–Kier alpha value is -2.11. The van der Waals surface area contributed by atoms with Gasteiger partial charge in [-0.15, -0.1) is 0 Å². The number of ether oxygens (including phenoxy) is 3. The predicted molar refractivity (Wildman–Crippen MR) is 210 cm³/mol. The number of carbonyl (C=O) groups excluding carboxylic acids is 3. The average molecular weight is 705 g/mol. The summed E-state index contributed by atoms with van der Waals surface area (Å²) in [5.41, 5.74) is 0. The van der Waals surface area contributed by atoms with Crippen LogP contribution in [0.3, 0.4) is 0 Å². The van der Waals surface area contributed by atoms with Crippen molar-refractivity contribution in [1.82, 2.24) is 0 Å². The number of rotatable bonds is 38. The van der Waals surface area contributed by atoms with Crippen LogP contribution in [0.2, 0.25) is 0 Å². The molecular weight excluding hydrogens is 624 g/mol. The van der Waals surface area contributed by atoms with Gasteiger partial charge in [0.2, 0.25) is 0 Å². The van der Waals surface area contributed by atoms with Crippen LogP contribution < -0.4 is 0 Å². The standard InChI is InChI=1S/C44H80O6/c1-4-7-10-13-16-18-19-20-21-22-23-24-26-28-31-34-37-43(46)49-40-41(39-48-42(45)36-33-30-27-15-12-9-6-3)50-44(47)38-35-32-29-25-17-14-11-8-5-2/h18-19,21-22,41H,4-17,20,23-40H2,1-3H3/b19-18-,22-21-. The molecule has 0 aliphatic carbocycles. The maximum Gasteiger partial charge on any atom is 0.306 e. The largest absolute Gasteiger partial charge is 0.462 e. The summed E-state index contributed by atoms with van der Waals surface area (Å²) in [4.78, 5) is 37.4. The second kappa shape index (κ2) is 39.7. The van der Waals surface area contributed by atoms with E-state index in [9.17, 15) is 14.4 Å². The van der Waals surface area contributed by atoms with Crippen LogP contribution in [0.5, 0.6) is 0 Å². The van der Waals surface area contributed by atoms with Gasteiger partial charge in [0.25, 0.3) is 0 Å². The molecule has 0 aromatic carbocycles. The Morgan fingerprint density at radius 2 is 0.720 bits per heavy atom. The molecule has 0 aromatic heterocycles. The monoisotopic (exact) mass is 705 g/mol. The number of hydrogen-bond donors (Lipinski definition) is 0. The first-order chi connectivity index (χ1) is 24.5. The molecule has 0 rings (SSSR count). The van der Waals surface area contributed by atoms with Crippen LogP contribution in [0, 0.1) is 0 Å². The molecule has 0 saturated carbocycles. The van der Waals surface area contributed by atoms with Crippen molar-refractivity contribution in [2.24, 2.45) is 0 Å². The van der Waals surface area contributed by atoms with Crippen LogP contribution in [0.1, 0.15) is 220 Å². The van der Waals surface area contributed by atoms with Crippen molar-refractivity contribution < 1.29 is 28.6 Å². The van der Waals surface area contributed by atoms with Crippen molar-refractivity contribution in [3.63, 3.8) is 0 Å². The van der Waals surface area contributed by atoms with Crippen LogP contribution in [0.25, 0.3) is 0 Å². The normalized spacial score (nSPS) is 12.1. The highest BCUT2D eigenvalue weighted by atomic mass is 16.6. The van der Waals surface area contributed by atoms with Crippen molar-refractivity contribution >= 4 is 17.9 Å². The maximum atomic E-state index is 12.6. The quantitative estimate of drug-likeness (QED) is 0.0275. The lowest BCUT2D eigenvalue weighted by Crippen LogP contribution is -2.30. The van der Waals surface area contributed by atoms with Gasteiger partial charge in [-0.3, -0.25) is 14.4 Å². The number of hydrogen-bond acceptors (Lipinski definition) is 6. The van der Waals surface area contributed by atoms with Crippen LogP contribution in [-0.2, 0) is 28.6 Å². The third-order valence-corrected chi connectivity index (χ3v) is 9.21. The summed E-state index contributed by atoms with van der Waals surface area (Å²) in [5.74, 6) is -0.896. The van der Waals surface area contributed by atoms with Gasteiger partial charge < -0.3 is 14.2 Å². The lowest BCUT2D eigenvalue weighted by atomic mass is 10.1. The molecule has 0 aliphatic rings. The molecule has 0 amide bonds. The molecule has 0 saturated heterocycles. The lowest BCUT2D eigenvalue weighted by Gasteiger charge is -2.18. The smallest absolute Gasteiger partial charge is 0.306 e. The van der Waals surface area contributed by atoms with E-state index in [2.05, 4.69) is 45.1 Å². The van der Waals surface area contributed by atoms with E-state index in [4.69, 9.17) is 14.2 Å². The summed E-state index contributed by atoms with van der Waals surface area (Å²) in [5, 5.41) is 0. The lowest BCUT2D eigenvalue weighted by molar-refractivity contribution is -0.167. The molecule has 1 atom stereocenters. The predicted octanol–water partition coefficient (Wildman–Crippen LogP) is 13.2. The van der Waals surface area contributed by atoms with Crippen LogP contribution in [0.15, 0.2) is 24.3 Å². The van der Waals surface area contributed by atoms with E-state index >= 15 is 0 Å². The minimum absolute atomic E-state index is 0.0735. The zero-order valence-corrected chi connectivity index (χ0v) is 33.2. The van der Waals surface area contributed by atoms with Crippen LogP contribution >= 0.6 is 0 Å². The first kappa shape index (κ1) is 47.9. The molecule has 0 aromatic rings. The molecule has 0 heterocycles. The Labute approximate surface area is 309 Å². The molecule has 6 heteroatoms. The number of carbonyl (C=O) groups is 3. The Balaban J connectivity index is 4.29. The molecule has 6 nitrogen and oxygen atoms in total. The number of esters is 3. The van der Waals surface area contributed by atoms with Gasteiger partial charge in [-0.2, -0.15) is 0 Å². The van der Waals surface area contributed by atoms with Gasteiger partial charge in [0, 0.05) is 19.3 Å². The Morgan fingerprint density at radius 1 is 0.400 bits per heavy atom. The van der Waals surface area contributed by atoms with Gasteiger partial charge in [-0.1, -0.05) is 173 Å². The third-order valence-electron chi connectivity index (χ3n) is 9.21. The van der Waals surface area contributed by atoms with Crippen molar-refractivity contribution in [3.8, 4) is 0 Å². The summed E-state index contributed by atoms with van der Waals surface area (Å²) in [6, 6.07) is 0. The molecular formula is C44H80O6. The highest BCUT2D eigenvalue weighted by molar-refractivity contribution is 5.71. The zero-order chi connectivity index (χ0) is 36.6. The average Bonchev–Trinajstić information content (AvgIpc) is 3.11. The first-order valence-corrected chi connectivity index (χ1v) is 21.3. The molecule has 0 aliphatic heterocycles. The fourth-order valence-electron chi connectivity index (χ4n) is 5.94. The fourth-order valence-corrected chi connectivity index (χ4v) is 5.94. The van der Waals surface area contributed by atoms with E-state index in [-0.39, 0.29) is 31.1 Å². The van der Waals surface area contributed by atoms with E-state index in [1.807, 2.05) is 0 Å². The maximum absolute atomic E-state index is 12.6. The number of unbranched alkanes of at least 4 members (excludes halogenated alkanes) is 23. The van der Waals surface area contributed by atoms with E-state index in [1.54, 1.807) is 0 Å². The molecule has 0 spiro atoms. The number of allylic oxidation sites excluding steroid dienone is 4. The van der Waals surface area contributed by atoms with E-state index in [1.165, 1.54) is 103 Å². The highest BCUT2D eigenvalue weighted by Crippen LogP contribution is 2.13.